The maximum absolute atomic E-state index is 12.4. The minimum Gasteiger partial charge on any atom is -0.454 e. The van der Waals surface area contributed by atoms with E-state index in [0.717, 1.165) is 39.6 Å². The lowest BCUT2D eigenvalue weighted by Crippen LogP contribution is -2.24. The summed E-state index contributed by atoms with van der Waals surface area (Å²) in [7, 11) is 0. The highest BCUT2D eigenvalue weighted by atomic mass is 32.2. The zero-order valence-corrected chi connectivity index (χ0v) is 18.8. The number of carbonyl (C=O) groups is 1. The topological polar surface area (TPSA) is 65.4 Å². The molecule has 0 saturated carbocycles. The molecule has 166 valence electrons. The number of thioether (sulfide) groups is 1. The first-order valence-corrected chi connectivity index (χ1v) is 11.8. The maximum atomic E-state index is 12.4. The van der Waals surface area contributed by atoms with Gasteiger partial charge in [0.1, 0.15) is 0 Å². The summed E-state index contributed by atoms with van der Waals surface area (Å²) in [5.74, 6) is 2.52. The van der Waals surface area contributed by atoms with E-state index in [1.165, 1.54) is 0 Å². The lowest BCUT2D eigenvalue weighted by atomic mass is 10.1. The van der Waals surface area contributed by atoms with Gasteiger partial charge in [-0.3, -0.25) is 4.79 Å². The van der Waals surface area contributed by atoms with Gasteiger partial charge in [-0.25, -0.2) is 4.68 Å². The minimum atomic E-state index is -0.00520. The Morgan fingerprint density at radius 3 is 2.55 bits per heavy atom. The lowest BCUT2D eigenvalue weighted by molar-refractivity contribution is -0.118. The quantitative estimate of drug-likeness (QED) is 0.411. The standard InChI is InChI=1S/C26H23N3O3S/c30-25(27-14-19-11-12-23-24(13-19)32-18-31-23)17-33-16-21-15-29(22-9-5-2-6-10-22)28-26(21)20-7-3-1-4-8-20/h1-13,15H,14,16-18H2,(H,27,30). The predicted octanol–water partition coefficient (Wildman–Crippen LogP) is 4.82. The number of hydrogen-bond donors (Lipinski definition) is 1. The van der Waals surface area contributed by atoms with Crippen LogP contribution in [0.2, 0.25) is 0 Å². The summed E-state index contributed by atoms with van der Waals surface area (Å²) in [6.45, 7) is 0.699. The fourth-order valence-corrected chi connectivity index (χ4v) is 4.44. The van der Waals surface area contributed by atoms with Crippen molar-refractivity contribution in [3.05, 3.63) is 96.2 Å². The predicted molar refractivity (Wildman–Crippen MR) is 130 cm³/mol. The van der Waals surface area contributed by atoms with Gasteiger partial charge in [0, 0.05) is 29.6 Å². The van der Waals surface area contributed by atoms with Gasteiger partial charge in [-0.15, -0.1) is 11.8 Å². The third-order valence-electron chi connectivity index (χ3n) is 5.28. The fraction of sp³-hybridized carbons (Fsp3) is 0.154. The smallest absolute Gasteiger partial charge is 0.231 e. The van der Waals surface area contributed by atoms with Crippen molar-refractivity contribution in [3.63, 3.8) is 0 Å². The molecule has 0 aliphatic carbocycles. The molecule has 2 heterocycles. The van der Waals surface area contributed by atoms with Gasteiger partial charge in [0.05, 0.1) is 17.1 Å². The largest absolute Gasteiger partial charge is 0.454 e. The molecule has 7 heteroatoms. The molecule has 1 aliphatic heterocycles. The molecule has 6 nitrogen and oxygen atoms in total. The van der Waals surface area contributed by atoms with E-state index in [4.69, 9.17) is 14.6 Å². The van der Waals surface area contributed by atoms with E-state index in [9.17, 15) is 4.79 Å². The van der Waals surface area contributed by atoms with Crippen LogP contribution in [0, 0.1) is 0 Å². The van der Waals surface area contributed by atoms with Gasteiger partial charge in [0.25, 0.3) is 0 Å². The number of para-hydroxylation sites is 1. The molecule has 1 amide bonds. The third-order valence-corrected chi connectivity index (χ3v) is 6.26. The minimum absolute atomic E-state index is 0.00520. The van der Waals surface area contributed by atoms with Crippen LogP contribution in [-0.2, 0) is 17.1 Å². The van der Waals surface area contributed by atoms with E-state index in [1.54, 1.807) is 11.8 Å². The van der Waals surface area contributed by atoms with Gasteiger partial charge in [-0.1, -0.05) is 54.6 Å². The van der Waals surface area contributed by atoms with Crippen molar-refractivity contribution in [1.82, 2.24) is 15.1 Å². The molecule has 0 bridgehead atoms. The molecule has 0 spiro atoms. The monoisotopic (exact) mass is 457 g/mol. The number of amides is 1. The second kappa shape index (κ2) is 9.83. The highest BCUT2D eigenvalue weighted by Crippen LogP contribution is 2.32. The summed E-state index contributed by atoms with van der Waals surface area (Å²) in [6, 6.07) is 25.9. The Morgan fingerprint density at radius 1 is 0.970 bits per heavy atom. The Bertz CT molecular complexity index is 1240. The zero-order valence-electron chi connectivity index (χ0n) is 17.9. The van der Waals surface area contributed by atoms with Crippen molar-refractivity contribution in [3.8, 4) is 28.4 Å². The van der Waals surface area contributed by atoms with Crippen LogP contribution in [0.4, 0.5) is 0 Å². The SMILES string of the molecule is O=C(CSCc1cn(-c2ccccc2)nc1-c1ccccc1)NCc1ccc2c(c1)OCO2. The van der Waals surface area contributed by atoms with Crippen LogP contribution >= 0.6 is 11.8 Å². The first-order chi connectivity index (χ1) is 16.3. The molecule has 4 aromatic rings. The first kappa shape index (κ1) is 21.2. The van der Waals surface area contributed by atoms with Crippen molar-refractivity contribution in [1.29, 1.82) is 0 Å². The molecule has 33 heavy (non-hydrogen) atoms. The summed E-state index contributed by atoms with van der Waals surface area (Å²) < 4.78 is 12.6. The zero-order chi connectivity index (χ0) is 22.5. The van der Waals surface area contributed by atoms with Crippen LogP contribution in [0.1, 0.15) is 11.1 Å². The number of nitrogens with one attached hydrogen (secondary N) is 1. The van der Waals surface area contributed by atoms with Gasteiger partial charge in [-0.05, 0) is 29.8 Å². The van der Waals surface area contributed by atoms with Crippen LogP contribution < -0.4 is 14.8 Å². The molecule has 1 aromatic heterocycles. The van der Waals surface area contributed by atoms with E-state index < -0.39 is 0 Å². The Balaban J connectivity index is 1.21. The first-order valence-electron chi connectivity index (χ1n) is 10.7. The summed E-state index contributed by atoms with van der Waals surface area (Å²) >= 11 is 1.58. The Hall–Kier alpha value is -3.71. The molecule has 3 aromatic carbocycles. The van der Waals surface area contributed by atoms with E-state index in [1.807, 2.05) is 71.4 Å². The number of benzene rings is 3. The van der Waals surface area contributed by atoms with Gasteiger partial charge in [-0.2, -0.15) is 5.10 Å². The van der Waals surface area contributed by atoms with Crippen LogP contribution in [0.5, 0.6) is 11.5 Å². The number of hydrogen-bond acceptors (Lipinski definition) is 5. The number of aromatic nitrogens is 2. The van der Waals surface area contributed by atoms with Crippen molar-refractivity contribution in [2.75, 3.05) is 12.5 Å². The van der Waals surface area contributed by atoms with E-state index >= 15 is 0 Å². The van der Waals surface area contributed by atoms with Crippen molar-refractivity contribution in [2.24, 2.45) is 0 Å². The Labute approximate surface area is 196 Å². The summed E-state index contributed by atoms with van der Waals surface area (Å²) in [5, 5.41) is 7.81. The number of ether oxygens (including phenoxy) is 2. The summed E-state index contributed by atoms with van der Waals surface area (Å²) in [4.78, 5) is 12.4. The molecule has 0 radical (unpaired) electrons. The van der Waals surface area contributed by atoms with Crippen LogP contribution in [0.15, 0.2) is 85.1 Å². The molecule has 1 aliphatic rings. The second-order valence-electron chi connectivity index (χ2n) is 7.61. The molecule has 0 atom stereocenters. The van der Waals surface area contributed by atoms with Gasteiger partial charge in [0.2, 0.25) is 12.7 Å². The average molecular weight is 458 g/mol. The van der Waals surface area contributed by atoms with E-state index in [-0.39, 0.29) is 12.7 Å². The van der Waals surface area contributed by atoms with Crippen molar-refractivity contribution < 1.29 is 14.3 Å². The molecular weight excluding hydrogens is 434 g/mol. The van der Waals surface area contributed by atoms with Crippen LogP contribution in [-0.4, -0.2) is 28.2 Å². The molecular formula is C26H23N3O3S. The normalized spacial score (nSPS) is 12.0. The second-order valence-corrected chi connectivity index (χ2v) is 8.59. The van der Waals surface area contributed by atoms with Crippen LogP contribution in [0.3, 0.4) is 0 Å². The maximum Gasteiger partial charge on any atom is 0.231 e. The molecule has 0 saturated heterocycles. The summed E-state index contributed by atoms with van der Waals surface area (Å²) in [6.07, 6.45) is 2.05. The van der Waals surface area contributed by atoms with Gasteiger partial charge in [0.15, 0.2) is 11.5 Å². The number of rotatable bonds is 8. The fourth-order valence-electron chi connectivity index (χ4n) is 3.62. The molecule has 0 unspecified atom stereocenters. The summed E-state index contributed by atoms with van der Waals surface area (Å²) in [5.41, 5.74) is 5.09. The van der Waals surface area contributed by atoms with Crippen molar-refractivity contribution in [2.45, 2.75) is 12.3 Å². The molecule has 0 fully saturated rings. The number of fused-ring (bicyclic) bond motifs is 1. The number of nitrogens with zero attached hydrogens (tertiary/aromatic N) is 2. The van der Waals surface area contributed by atoms with Gasteiger partial charge >= 0.3 is 0 Å². The molecule has 5 rings (SSSR count). The average Bonchev–Trinajstić information content (AvgIpc) is 3.51. The van der Waals surface area contributed by atoms with E-state index in [2.05, 4.69) is 23.6 Å². The lowest BCUT2D eigenvalue weighted by Gasteiger charge is -2.06. The Kier molecular flexibility index (Phi) is 6.30. The van der Waals surface area contributed by atoms with Crippen molar-refractivity contribution >= 4 is 17.7 Å². The molecule has 1 N–H and O–H groups in total. The number of carbonyl (C=O) groups excluding carboxylic acids is 1. The Morgan fingerprint density at radius 2 is 1.73 bits per heavy atom. The highest BCUT2D eigenvalue weighted by molar-refractivity contribution is 7.99. The van der Waals surface area contributed by atoms with E-state index in [0.29, 0.717) is 18.1 Å². The van der Waals surface area contributed by atoms with Crippen LogP contribution in [0.25, 0.3) is 16.9 Å². The van der Waals surface area contributed by atoms with Gasteiger partial charge < -0.3 is 14.8 Å². The highest BCUT2D eigenvalue weighted by Gasteiger charge is 2.15. The third kappa shape index (κ3) is 5.04.